The Hall–Kier alpha value is -2.87. The van der Waals surface area contributed by atoms with Gasteiger partial charge in [0.25, 0.3) is 0 Å². The molecule has 2 aromatic carbocycles. The second kappa shape index (κ2) is 12.7. The van der Waals surface area contributed by atoms with Crippen molar-refractivity contribution in [2.75, 3.05) is 23.7 Å². The lowest BCUT2D eigenvalue weighted by Crippen LogP contribution is -2.48. The number of anilines is 1. The second-order valence-corrected chi connectivity index (χ2v) is 11.5. The number of hydrogen-bond donors (Lipinski definition) is 1. The maximum Gasteiger partial charge on any atom is 0.242 e. The second-order valence-electron chi connectivity index (χ2n) is 9.55. The summed E-state index contributed by atoms with van der Waals surface area (Å²) in [6.45, 7) is 10.6. The van der Waals surface area contributed by atoms with Crippen molar-refractivity contribution < 1.29 is 18.0 Å². The van der Waals surface area contributed by atoms with E-state index in [4.69, 9.17) is 0 Å². The first-order valence-corrected chi connectivity index (χ1v) is 13.9. The van der Waals surface area contributed by atoms with E-state index in [0.29, 0.717) is 31.1 Å². The minimum atomic E-state index is -3.51. The molecule has 2 rings (SSSR count). The fourth-order valence-electron chi connectivity index (χ4n) is 3.87. The maximum atomic E-state index is 13.3. The van der Waals surface area contributed by atoms with Gasteiger partial charge in [0.15, 0.2) is 0 Å². The number of para-hydroxylation sites is 1. The van der Waals surface area contributed by atoms with Gasteiger partial charge in [-0.1, -0.05) is 61.9 Å². The highest BCUT2D eigenvalue weighted by Gasteiger charge is 2.27. The topological polar surface area (TPSA) is 86.8 Å². The number of carbonyl (C=O) groups is 2. The fourth-order valence-corrected chi connectivity index (χ4v) is 4.89. The quantitative estimate of drug-likeness (QED) is 0.476. The Morgan fingerprint density at radius 3 is 2.29 bits per heavy atom. The number of nitrogens with one attached hydrogen (secondary N) is 1. The molecular formula is C27H39N3O4S. The van der Waals surface area contributed by atoms with Gasteiger partial charge in [-0.05, 0) is 50.3 Å². The number of amides is 2. The third kappa shape index (κ3) is 8.69. The summed E-state index contributed by atoms with van der Waals surface area (Å²) in [4.78, 5) is 27.7. The molecule has 0 fully saturated rings. The van der Waals surface area contributed by atoms with Gasteiger partial charge in [-0.15, -0.1) is 0 Å². The van der Waals surface area contributed by atoms with Crippen LogP contribution < -0.4 is 9.62 Å². The van der Waals surface area contributed by atoms with Gasteiger partial charge in [0.05, 0.1) is 11.9 Å². The minimum absolute atomic E-state index is 0.130. The van der Waals surface area contributed by atoms with Crippen molar-refractivity contribution in [1.82, 2.24) is 10.2 Å². The Balaban J connectivity index is 2.17. The predicted octanol–water partition coefficient (Wildman–Crippen LogP) is 4.04. The van der Waals surface area contributed by atoms with Gasteiger partial charge in [0, 0.05) is 26.1 Å². The summed E-state index contributed by atoms with van der Waals surface area (Å²) < 4.78 is 26.3. The monoisotopic (exact) mass is 501 g/mol. The zero-order valence-corrected chi connectivity index (χ0v) is 22.6. The van der Waals surface area contributed by atoms with Crippen LogP contribution in [0.1, 0.15) is 50.3 Å². The summed E-state index contributed by atoms with van der Waals surface area (Å²) in [5.74, 6) is -0.0789. The number of aryl methyl sites for hydroxylation is 2. The molecule has 0 heterocycles. The van der Waals surface area contributed by atoms with E-state index >= 15 is 0 Å². The van der Waals surface area contributed by atoms with Crippen LogP contribution in [0.15, 0.2) is 48.5 Å². The summed E-state index contributed by atoms with van der Waals surface area (Å²) in [7, 11) is -3.51. The molecule has 0 aliphatic rings. The lowest BCUT2D eigenvalue weighted by Gasteiger charge is -2.30. The summed E-state index contributed by atoms with van der Waals surface area (Å²) in [5, 5.41) is 2.92. The Kier molecular flexibility index (Phi) is 10.3. The SMILES string of the molecule is Cc1cccc(CN(C(=O)CCCN(c2ccccc2C)S(C)(=O)=O)[C@@H](C)C(=O)NCC(C)C)c1. The molecule has 0 radical (unpaired) electrons. The van der Waals surface area contributed by atoms with Crippen molar-refractivity contribution in [2.45, 2.75) is 60.0 Å². The van der Waals surface area contributed by atoms with E-state index < -0.39 is 16.1 Å². The first kappa shape index (κ1) is 28.4. The standard InChI is InChI=1S/C27H39N3O4S/c1-20(2)18-28-27(32)23(5)29(19-24-13-9-11-21(3)17-24)26(31)15-10-16-30(35(6,33)34)25-14-8-7-12-22(25)4/h7-9,11-14,17,20,23H,10,15-16,18-19H2,1-6H3,(H,28,32)/t23-/m0/s1. The van der Waals surface area contributed by atoms with Crippen LogP contribution in [0.3, 0.4) is 0 Å². The van der Waals surface area contributed by atoms with Crippen LogP contribution in [0.2, 0.25) is 0 Å². The summed E-state index contributed by atoms with van der Waals surface area (Å²) in [5.41, 5.74) is 3.48. The molecule has 0 saturated heterocycles. The van der Waals surface area contributed by atoms with E-state index in [9.17, 15) is 18.0 Å². The number of benzene rings is 2. The molecule has 0 unspecified atom stereocenters. The van der Waals surface area contributed by atoms with Crippen molar-refractivity contribution in [3.8, 4) is 0 Å². The van der Waals surface area contributed by atoms with Gasteiger partial charge in [-0.25, -0.2) is 8.42 Å². The first-order chi connectivity index (χ1) is 16.4. The number of nitrogens with zero attached hydrogens (tertiary/aromatic N) is 2. The van der Waals surface area contributed by atoms with E-state index in [-0.39, 0.29) is 24.8 Å². The van der Waals surface area contributed by atoms with E-state index in [0.717, 1.165) is 16.7 Å². The molecule has 2 amide bonds. The molecule has 0 saturated carbocycles. The van der Waals surface area contributed by atoms with E-state index in [1.54, 1.807) is 24.0 Å². The van der Waals surface area contributed by atoms with Crippen molar-refractivity contribution in [1.29, 1.82) is 0 Å². The molecule has 0 spiro atoms. The summed E-state index contributed by atoms with van der Waals surface area (Å²) in [6, 6.07) is 14.5. The Labute approximate surface area is 210 Å². The molecule has 7 nitrogen and oxygen atoms in total. The molecule has 0 aromatic heterocycles. The fraction of sp³-hybridized carbons (Fsp3) is 0.481. The average molecular weight is 502 g/mol. The van der Waals surface area contributed by atoms with Crippen molar-refractivity contribution in [3.05, 3.63) is 65.2 Å². The molecule has 35 heavy (non-hydrogen) atoms. The Morgan fingerprint density at radius 2 is 1.69 bits per heavy atom. The van der Waals surface area contributed by atoms with Crippen LogP contribution in [0.4, 0.5) is 5.69 Å². The van der Waals surface area contributed by atoms with E-state index in [1.807, 2.05) is 64.1 Å². The molecular weight excluding hydrogens is 462 g/mol. The van der Waals surface area contributed by atoms with Gasteiger partial charge >= 0.3 is 0 Å². The average Bonchev–Trinajstić information content (AvgIpc) is 2.78. The molecule has 0 bridgehead atoms. The summed E-state index contributed by atoms with van der Waals surface area (Å²) >= 11 is 0. The molecule has 192 valence electrons. The lowest BCUT2D eigenvalue weighted by molar-refractivity contribution is -0.140. The molecule has 1 atom stereocenters. The van der Waals surface area contributed by atoms with Gasteiger partial charge in [0.1, 0.15) is 6.04 Å². The van der Waals surface area contributed by atoms with Crippen LogP contribution in [0.5, 0.6) is 0 Å². The Bertz CT molecular complexity index is 1110. The van der Waals surface area contributed by atoms with Crippen LogP contribution in [0, 0.1) is 19.8 Å². The van der Waals surface area contributed by atoms with E-state index in [2.05, 4.69) is 5.32 Å². The van der Waals surface area contributed by atoms with Gasteiger partial charge < -0.3 is 10.2 Å². The van der Waals surface area contributed by atoms with Crippen LogP contribution in [0.25, 0.3) is 0 Å². The number of sulfonamides is 1. The number of rotatable bonds is 12. The number of carbonyl (C=O) groups excluding carboxylic acids is 2. The van der Waals surface area contributed by atoms with Crippen molar-refractivity contribution >= 4 is 27.5 Å². The predicted molar refractivity (Wildman–Crippen MR) is 142 cm³/mol. The van der Waals surface area contributed by atoms with Gasteiger partial charge in [0.2, 0.25) is 21.8 Å². The van der Waals surface area contributed by atoms with Crippen molar-refractivity contribution in [2.24, 2.45) is 5.92 Å². The highest BCUT2D eigenvalue weighted by atomic mass is 32.2. The molecule has 0 aliphatic carbocycles. The smallest absolute Gasteiger partial charge is 0.242 e. The maximum absolute atomic E-state index is 13.3. The van der Waals surface area contributed by atoms with E-state index in [1.165, 1.54) is 10.6 Å². The molecule has 8 heteroatoms. The van der Waals surface area contributed by atoms with Gasteiger partial charge in [-0.3, -0.25) is 13.9 Å². The van der Waals surface area contributed by atoms with Crippen LogP contribution >= 0.6 is 0 Å². The zero-order chi connectivity index (χ0) is 26.2. The normalized spacial score (nSPS) is 12.3. The highest BCUT2D eigenvalue weighted by molar-refractivity contribution is 7.92. The molecule has 2 aromatic rings. The number of hydrogen-bond acceptors (Lipinski definition) is 4. The van der Waals surface area contributed by atoms with Crippen molar-refractivity contribution in [3.63, 3.8) is 0 Å². The highest BCUT2D eigenvalue weighted by Crippen LogP contribution is 2.23. The van der Waals surface area contributed by atoms with Gasteiger partial charge in [-0.2, -0.15) is 0 Å². The zero-order valence-electron chi connectivity index (χ0n) is 21.7. The largest absolute Gasteiger partial charge is 0.354 e. The van der Waals surface area contributed by atoms with Crippen LogP contribution in [-0.2, 0) is 26.2 Å². The molecule has 1 N–H and O–H groups in total. The molecule has 0 aliphatic heterocycles. The Morgan fingerprint density at radius 1 is 1.00 bits per heavy atom. The van der Waals surface area contributed by atoms with Crippen LogP contribution in [-0.4, -0.2) is 50.5 Å². The first-order valence-electron chi connectivity index (χ1n) is 12.1. The summed E-state index contributed by atoms with van der Waals surface area (Å²) in [6.07, 6.45) is 1.64. The third-order valence-corrected chi connectivity index (χ3v) is 7.00. The lowest BCUT2D eigenvalue weighted by atomic mass is 10.1. The third-order valence-electron chi connectivity index (χ3n) is 5.82. The minimum Gasteiger partial charge on any atom is -0.354 e.